The Morgan fingerprint density at radius 1 is 1.00 bits per heavy atom. The van der Waals surface area contributed by atoms with E-state index in [4.69, 9.17) is 5.73 Å². The van der Waals surface area contributed by atoms with Gasteiger partial charge in [-0.15, -0.1) is 0 Å². The molecule has 14 heavy (non-hydrogen) atoms. The largest absolute Gasteiger partial charge is 0.330 e. The van der Waals surface area contributed by atoms with Crippen molar-refractivity contribution in [1.29, 1.82) is 0 Å². The van der Waals surface area contributed by atoms with Gasteiger partial charge in [0.05, 0.1) is 0 Å². The van der Waals surface area contributed by atoms with Gasteiger partial charge in [-0.1, -0.05) is 27.7 Å². The molecule has 0 saturated heterocycles. The summed E-state index contributed by atoms with van der Waals surface area (Å²) in [5.41, 5.74) is 5.63. The topological polar surface area (TPSA) is 38.0 Å². The Hall–Kier alpha value is -0.0800. The van der Waals surface area contributed by atoms with Crippen LogP contribution in [0.1, 0.15) is 41.0 Å². The molecule has 0 aliphatic rings. The predicted octanol–water partition coefficient (Wildman–Crippen LogP) is 2.24. The molecule has 0 radical (unpaired) electrons. The van der Waals surface area contributed by atoms with Gasteiger partial charge in [-0.05, 0) is 44.2 Å². The SMILES string of the molecule is CC(C)CC(C)NCC(C)C(C)CN. The smallest absolute Gasteiger partial charge is 0.00412 e. The van der Waals surface area contributed by atoms with E-state index in [1.54, 1.807) is 0 Å². The van der Waals surface area contributed by atoms with Crippen LogP contribution in [0, 0.1) is 17.8 Å². The molecule has 0 amide bonds. The van der Waals surface area contributed by atoms with E-state index in [1.165, 1.54) is 6.42 Å². The fraction of sp³-hybridized carbons (Fsp3) is 1.00. The van der Waals surface area contributed by atoms with Gasteiger partial charge in [0, 0.05) is 6.04 Å². The lowest BCUT2D eigenvalue weighted by Gasteiger charge is -2.22. The molecule has 0 bridgehead atoms. The van der Waals surface area contributed by atoms with E-state index >= 15 is 0 Å². The minimum atomic E-state index is 0.619. The third-order valence-corrected chi connectivity index (χ3v) is 2.96. The molecule has 3 atom stereocenters. The van der Waals surface area contributed by atoms with Crippen LogP contribution < -0.4 is 11.1 Å². The van der Waals surface area contributed by atoms with Crippen molar-refractivity contribution < 1.29 is 0 Å². The molecule has 0 aromatic carbocycles. The molecule has 3 N–H and O–H groups in total. The van der Waals surface area contributed by atoms with E-state index in [0.29, 0.717) is 17.9 Å². The maximum Gasteiger partial charge on any atom is 0.00412 e. The number of hydrogen-bond acceptors (Lipinski definition) is 2. The zero-order valence-electron chi connectivity index (χ0n) is 10.5. The minimum absolute atomic E-state index is 0.619. The molecule has 0 rings (SSSR count). The van der Waals surface area contributed by atoms with Crippen LogP contribution in [-0.4, -0.2) is 19.1 Å². The first-order chi connectivity index (χ1) is 6.47. The first kappa shape index (κ1) is 13.9. The van der Waals surface area contributed by atoms with Crippen LogP contribution in [0.4, 0.5) is 0 Å². The second kappa shape index (κ2) is 7.24. The van der Waals surface area contributed by atoms with Gasteiger partial charge in [-0.3, -0.25) is 0 Å². The van der Waals surface area contributed by atoms with E-state index < -0.39 is 0 Å². The van der Waals surface area contributed by atoms with Crippen molar-refractivity contribution in [2.24, 2.45) is 23.5 Å². The average Bonchev–Trinajstić information content (AvgIpc) is 2.11. The van der Waals surface area contributed by atoms with Gasteiger partial charge in [0.15, 0.2) is 0 Å². The van der Waals surface area contributed by atoms with Crippen LogP contribution in [0.25, 0.3) is 0 Å². The van der Waals surface area contributed by atoms with Crippen LogP contribution in [0.5, 0.6) is 0 Å². The van der Waals surface area contributed by atoms with Crippen molar-refractivity contribution in [3.05, 3.63) is 0 Å². The third kappa shape index (κ3) is 6.39. The van der Waals surface area contributed by atoms with Gasteiger partial charge in [0.25, 0.3) is 0 Å². The molecule has 0 fully saturated rings. The Kier molecular flexibility index (Phi) is 7.20. The molecule has 0 aromatic rings. The van der Waals surface area contributed by atoms with E-state index in [9.17, 15) is 0 Å². The molecule has 0 aliphatic heterocycles. The molecular formula is C12H28N2. The lowest BCUT2D eigenvalue weighted by molar-refractivity contribution is 0.342. The Morgan fingerprint density at radius 3 is 2.00 bits per heavy atom. The second-order valence-electron chi connectivity index (χ2n) is 5.13. The fourth-order valence-electron chi connectivity index (χ4n) is 1.61. The highest BCUT2D eigenvalue weighted by molar-refractivity contribution is 4.69. The Balaban J connectivity index is 3.60. The molecule has 3 unspecified atom stereocenters. The summed E-state index contributed by atoms with van der Waals surface area (Å²) < 4.78 is 0. The van der Waals surface area contributed by atoms with Crippen molar-refractivity contribution in [1.82, 2.24) is 5.32 Å². The minimum Gasteiger partial charge on any atom is -0.330 e. The highest BCUT2D eigenvalue weighted by atomic mass is 14.9. The average molecular weight is 200 g/mol. The van der Waals surface area contributed by atoms with Crippen LogP contribution in [-0.2, 0) is 0 Å². The molecule has 0 heterocycles. The Bertz CT molecular complexity index is 134. The fourth-order valence-corrected chi connectivity index (χ4v) is 1.61. The van der Waals surface area contributed by atoms with Crippen LogP contribution in [0.3, 0.4) is 0 Å². The summed E-state index contributed by atoms with van der Waals surface area (Å²) in [6.07, 6.45) is 1.25. The summed E-state index contributed by atoms with van der Waals surface area (Å²) in [4.78, 5) is 0. The lowest BCUT2D eigenvalue weighted by Crippen LogP contribution is -2.34. The van der Waals surface area contributed by atoms with Gasteiger partial charge in [-0.25, -0.2) is 0 Å². The van der Waals surface area contributed by atoms with E-state index in [2.05, 4.69) is 39.9 Å². The van der Waals surface area contributed by atoms with Gasteiger partial charge >= 0.3 is 0 Å². The first-order valence-electron chi connectivity index (χ1n) is 5.90. The molecule has 2 heteroatoms. The summed E-state index contributed by atoms with van der Waals surface area (Å²) in [5, 5.41) is 3.57. The Morgan fingerprint density at radius 2 is 1.57 bits per heavy atom. The number of hydrogen-bond donors (Lipinski definition) is 2. The molecule has 2 nitrogen and oxygen atoms in total. The van der Waals surface area contributed by atoms with Crippen molar-refractivity contribution >= 4 is 0 Å². The Labute approximate surface area is 89.6 Å². The number of rotatable bonds is 7. The van der Waals surface area contributed by atoms with Crippen molar-refractivity contribution in [3.8, 4) is 0 Å². The van der Waals surface area contributed by atoms with Crippen molar-refractivity contribution in [3.63, 3.8) is 0 Å². The normalized spacial score (nSPS) is 18.2. The summed E-state index contributed by atoms with van der Waals surface area (Å²) >= 11 is 0. The maximum absolute atomic E-state index is 5.63. The van der Waals surface area contributed by atoms with E-state index in [0.717, 1.165) is 19.0 Å². The number of nitrogens with one attached hydrogen (secondary N) is 1. The molecule has 86 valence electrons. The van der Waals surface area contributed by atoms with Crippen molar-refractivity contribution in [2.45, 2.75) is 47.1 Å². The van der Waals surface area contributed by atoms with Gasteiger partial charge in [0.2, 0.25) is 0 Å². The monoisotopic (exact) mass is 200 g/mol. The van der Waals surface area contributed by atoms with Crippen LogP contribution in [0.2, 0.25) is 0 Å². The molecule has 0 aromatic heterocycles. The van der Waals surface area contributed by atoms with E-state index in [-0.39, 0.29) is 0 Å². The van der Waals surface area contributed by atoms with Crippen molar-refractivity contribution in [2.75, 3.05) is 13.1 Å². The summed E-state index contributed by atoms with van der Waals surface area (Å²) in [7, 11) is 0. The maximum atomic E-state index is 5.63. The summed E-state index contributed by atoms with van der Waals surface area (Å²) in [6.45, 7) is 13.2. The molecule has 0 aliphatic carbocycles. The van der Waals surface area contributed by atoms with E-state index in [1.807, 2.05) is 0 Å². The van der Waals surface area contributed by atoms with Gasteiger partial charge in [-0.2, -0.15) is 0 Å². The predicted molar refractivity (Wildman–Crippen MR) is 64.3 cm³/mol. The molecule has 0 saturated carbocycles. The highest BCUT2D eigenvalue weighted by Gasteiger charge is 2.11. The lowest BCUT2D eigenvalue weighted by atomic mass is 9.95. The van der Waals surface area contributed by atoms with Crippen LogP contribution >= 0.6 is 0 Å². The first-order valence-corrected chi connectivity index (χ1v) is 5.90. The standard InChI is InChI=1S/C12H28N2/c1-9(2)6-12(5)14-8-11(4)10(3)7-13/h9-12,14H,6-8,13H2,1-5H3. The third-order valence-electron chi connectivity index (χ3n) is 2.96. The number of nitrogens with two attached hydrogens (primary N) is 1. The van der Waals surface area contributed by atoms with Gasteiger partial charge < -0.3 is 11.1 Å². The molecular weight excluding hydrogens is 172 g/mol. The zero-order chi connectivity index (χ0) is 11.1. The second-order valence-corrected chi connectivity index (χ2v) is 5.13. The van der Waals surface area contributed by atoms with Gasteiger partial charge in [0.1, 0.15) is 0 Å². The zero-order valence-corrected chi connectivity index (χ0v) is 10.5. The quantitative estimate of drug-likeness (QED) is 0.661. The summed E-state index contributed by atoms with van der Waals surface area (Å²) in [5.74, 6) is 2.07. The summed E-state index contributed by atoms with van der Waals surface area (Å²) in [6, 6.07) is 0.627. The molecule has 0 spiro atoms. The van der Waals surface area contributed by atoms with Crippen LogP contribution in [0.15, 0.2) is 0 Å². The highest BCUT2D eigenvalue weighted by Crippen LogP contribution is 2.09.